The molecule has 0 aliphatic heterocycles. The van der Waals surface area contributed by atoms with Crippen LogP contribution < -0.4 is 5.32 Å². The van der Waals surface area contributed by atoms with Crippen LogP contribution in [0.2, 0.25) is 5.02 Å². The molecule has 0 saturated heterocycles. The fraction of sp³-hybridized carbons (Fsp3) is 0.235. The Morgan fingerprint density at radius 2 is 1.88 bits per heavy atom. The van der Waals surface area contributed by atoms with E-state index in [2.05, 4.69) is 5.32 Å². The highest BCUT2D eigenvalue weighted by atomic mass is 35.5. The van der Waals surface area contributed by atoms with Gasteiger partial charge in [-0.2, -0.15) is 13.2 Å². The Labute approximate surface area is 147 Å². The summed E-state index contributed by atoms with van der Waals surface area (Å²) in [5.74, 6) is -0.253. The molecule has 0 heterocycles. The van der Waals surface area contributed by atoms with Gasteiger partial charge in [-0.15, -0.1) is 11.8 Å². The molecule has 1 N–H and O–H groups in total. The molecule has 0 aliphatic rings. The lowest BCUT2D eigenvalue weighted by Gasteiger charge is -2.16. The summed E-state index contributed by atoms with van der Waals surface area (Å²) < 4.78 is 38.8. The van der Waals surface area contributed by atoms with Crippen LogP contribution in [0.1, 0.15) is 18.9 Å². The molecule has 7 heteroatoms. The van der Waals surface area contributed by atoms with Gasteiger partial charge in [-0.3, -0.25) is 4.79 Å². The van der Waals surface area contributed by atoms with Crippen molar-refractivity contribution in [3.8, 4) is 0 Å². The van der Waals surface area contributed by atoms with Crippen molar-refractivity contribution < 1.29 is 18.0 Å². The van der Waals surface area contributed by atoms with Crippen LogP contribution in [-0.4, -0.2) is 11.2 Å². The average Bonchev–Trinajstić information content (AvgIpc) is 2.53. The second-order valence-corrected chi connectivity index (χ2v) is 6.69. The number of halogens is 4. The molecule has 0 aromatic heterocycles. The van der Waals surface area contributed by atoms with Crippen LogP contribution in [0.15, 0.2) is 53.4 Å². The van der Waals surface area contributed by atoms with Gasteiger partial charge in [0.15, 0.2) is 0 Å². The zero-order valence-corrected chi connectivity index (χ0v) is 14.3. The van der Waals surface area contributed by atoms with Gasteiger partial charge in [0.25, 0.3) is 0 Å². The number of carbonyl (C=O) groups excluding carboxylic acids is 1. The third-order valence-electron chi connectivity index (χ3n) is 3.23. The second kappa shape index (κ2) is 7.94. The molecular formula is C17H15ClF3NOS. The Morgan fingerprint density at radius 1 is 1.21 bits per heavy atom. The van der Waals surface area contributed by atoms with E-state index in [1.165, 1.54) is 12.1 Å². The number of thioether (sulfide) groups is 1. The summed E-state index contributed by atoms with van der Waals surface area (Å²) in [5.41, 5.74) is -0.249. The number of nitrogens with one attached hydrogen (secondary N) is 1. The first-order valence-electron chi connectivity index (χ1n) is 7.20. The van der Waals surface area contributed by atoms with Crippen LogP contribution in [0.5, 0.6) is 0 Å². The third kappa shape index (κ3) is 4.92. The van der Waals surface area contributed by atoms with E-state index < -0.39 is 17.0 Å². The molecule has 0 unspecified atom stereocenters. The minimum Gasteiger partial charge on any atom is -0.325 e. The lowest BCUT2D eigenvalue weighted by molar-refractivity contribution is -0.137. The van der Waals surface area contributed by atoms with Gasteiger partial charge in [-0.25, -0.2) is 0 Å². The molecule has 128 valence electrons. The molecule has 0 radical (unpaired) electrons. The van der Waals surface area contributed by atoms with E-state index in [1.54, 1.807) is 24.3 Å². The molecule has 24 heavy (non-hydrogen) atoms. The zero-order chi connectivity index (χ0) is 17.7. The Balaban J connectivity index is 2.14. The van der Waals surface area contributed by atoms with Crippen LogP contribution in [-0.2, 0) is 11.0 Å². The van der Waals surface area contributed by atoms with E-state index in [9.17, 15) is 18.0 Å². The van der Waals surface area contributed by atoms with Crippen LogP contribution in [0.25, 0.3) is 0 Å². The van der Waals surface area contributed by atoms with E-state index in [4.69, 9.17) is 11.6 Å². The van der Waals surface area contributed by atoms with Gasteiger partial charge in [-0.05, 0) is 36.8 Å². The largest absolute Gasteiger partial charge is 0.417 e. The number of amides is 1. The van der Waals surface area contributed by atoms with Crippen LogP contribution in [0.4, 0.5) is 18.9 Å². The number of hydrogen-bond donors (Lipinski definition) is 1. The van der Waals surface area contributed by atoms with E-state index in [0.29, 0.717) is 17.0 Å². The number of hydrogen-bond acceptors (Lipinski definition) is 2. The predicted molar refractivity (Wildman–Crippen MR) is 91.5 cm³/mol. The summed E-state index contributed by atoms with van der Waals surface area (Å²) >= 11 is 6.70. The Kier molecular flexibility index (Phi) is 6.18. The maximum atomic E-state index is 12.9. The molecule has 0 bridgehead atoms. The number of rotatable bonds is 5. The lowest BCUT2D eigenvalue weighted by Crippen LogP contribution is -2.24. The van der Waals surface area contributed by atoms with Crippen LogP contribution in [0, 0.1) is 0 Å². The summed E-state index contributed by atoms with van der Waals surface area (Å²) in [4.78, 5) is 12.7. The SMILES string of the molecule is CC[C@H](Sc1ccc(Cl)c(C(F)(F)F)c1)C(=O)Nc1ccccc1. The van der Waals surface area contributed by atoms with Gasteiger partial charge in [0.2, 0.25) is 5.91 Å². The molecule has 0 fully saturated rings. The van der Waals surface area contributed by atoms with Crippen molar-refractivity contribution in [1.82, 2.24) is 0 Å². The molecule has 1 amide bonds. The minimum absolute atomic E-state index is 0.253. The normalized spacial score (nSPS) is 12.7. The molecule has 0 saturated carbocycles. The number of carbonyl (C=O) groups is 1. The number of anilines is 1. The Bertz CT molecular complexity index is 707. The van der Waals surface area contributed by atoms with Gasteiger partial charge >= 0.3 is 6.18 Å². The molecule has 0 aliphatic carbocycles. The van der Waals surface area contributed by atoms with Crippen molar-refractivity contribution >= 4 is 35.0 Å². The van der Waals surface area contributed by atoms with Crippen molar-refractivity contribution in [2.24, 2.45) is 0 Å². The molecule has 2 nitrogen and oxygen atoms in total. The van der Waals surface area contributed by atoms with Gasteiger partial charge in [0.1, 0.15) is 0 Å². The molecule has 2 aromatic rings. The minimum atomic E-state index is -4.53. The van der Waals surface area contributed by atoms with Crippen molar-refractivity contribution in [3.05, 3.63) is 59.1 Å². The van der Waals surface area contributed by atoms with Gasteiger partial charge in [-0.1, -0.05) is 36.7 Å². The molecule has 0 spiro atoms. The zero-order valence-electron chi connectivity index (χ0n) is 12.7. The molecular weight excluding hydrogens is 359 g/mol. The summed E-state index contributed by atoms with van der Waals surface area (Å²) in [6, 6.07) is 12.6. The van der Waals surface area contributed by atoms with Crippen LogP contribution >= 0.6 is 23.4 Å². The maximum Gasteiger partial charge on any atom is 0.417 e. The average molecular weight is 374 g/mol. The van der Waals surface area contributed by atoms with E-state index in [1.807, 2.05) is 13.0 Å². The summed E-state index contributed by atoms with van der Waals surface area (Å²) in [6.07, 6.45) is -4.05. The van der Waals surface area contributed by atoms with Gasteiger partial charge < -0.3 is 5.32 Å². The number of alkyl halides is 3. The maximum absolute atomic E-state index is 12.9. The first-order chi connectivity index (χ1) is 11.3. The monoisotopic (exact) mass is 373 g/mol. The lowest BCUT2D eigenvalue weighted by atomic mass is 10.2. The molecule has 2 aromatic carbocycles. The van der Waals surface area contributed by atoms with Crippen LogP contribution in [0.3, 0.4) is 0 Å². The molecule has 1 atom stereocenters. The Hall–Kier alpha value is -1.66. The Morgan fingerprint density at radius 3 is 2.46 bits per heavy atom. The quantitative estimate of drug-likeness (QED) is 0.664. The van der Waals surface area contributed by atoms with E-state index in [0.717, 1.165) is 17.8 Å². The first-order valence-corrected chi connectivity index (χ1v) is 8.46. The van der Waals surface area contributed by atoms with Gasteiger partial charge in [0.05, 0.1) is 15.8 Å². The van der Waals surface area contributed by atoms with E-state index in [-0.39, 0.29) is 10.9 Å². The summed E-state index contributed by atoms with van der Waals surface area (Å²) in [7, 11) is 0. The highest BCUT2D eigenvalue weighted by Crippen LogP contribution is 2.38. The topological polar surface area (TPSA) is 29.1 Å². The smallest absolute Gasteiger partial charge is 0.325 e. The highest BCUT2D eigenvalue weighted by molar-refractivity contribution is 8.00. The third-order valence-corrected chi connectivity index (χ3v) is 4.91. The predicted octanol–water partition coefficient (Wildman–Crippen LogP) is 5.87. The van der Waals surface area contributed by atoms with Crippen molar-refractivity contribution in [2.75, 3.05) is 5.32 Å². The second-order valence-electron chi connectivity index (χ2n) is 5.01. The fourth-order valence-corrected chi connectivity index (χ4v) is 3.24. The van der Waals surface area contributed by atoms with Crippen molar-refractivity contribution in [1.29, 1.82) is 0 Å². The summed E-state index contributed by atoms with van der Waals surface area (Å²) in [5, 5.41) is 1.90. The first kappa shape index (κ1) is 18.7. The number of para-hydroxylation sites is 1. The molecule has 2 rings (SSSR count). The summed E-state index contributed by atoms with van der Waals surface area (Å²) in [6.45, 7) is 1.81. The van der Waals surface area contributed by atoms with Crippen molar-refractivity contribution in [3.63, 3.8) is 0 Å². The van der Waals surface area contributed by atoms with Crippen molar-refractivity contribution in [2.45, 2.75) is 29.7 Å². The standard InChI is InChI=1S/C17H15ClF3NOS/c1-2-15(16(23)22-11-6-4-3-5-7-11)24-12-8-9-14(18)13(10-12)17(19,20)21/h3-10,15H,2H2,1H3,(H,22,23)/t15-/m0/s1. The fourth-order valence-electron chi connectivity index (χ4n) is 2.03. The highest BCUT2D eigenvalue weighted by Gasteiger charge is 2.33. The van der Waals surface area contributed by atoms with E-state index >= 15 is 0 Å². The van der Waals surface area contributed by atoms with Gasteiger partial charge in [0, 0.05) is 10.6 Å². The number of benzene rings is 2.